The maximum absolute atomic E-state index is 13.5. The zero-order valence-electron chi connectivity index (χ0n) is 15.8. The van der Waals surface area contributed by atoms with E-state index in [1.165, 1.54) is 32.0 Å². The Hall–Kier alpha value is -2.09. The first kappa shape index (κ1) is 23.2. The number of hydrogen-bond donors (Lipinski definition) is 1. The second kappa shape index (κ2) is 8.73. The van der Waals surface area contributed by atoms with E-state index in [2.05, 4.69) is 15.9 Å². The molecule has 0 aliphatic carbocycles. The number of sulfonamides is 1. The molecule has 2 aromatic rings. The maximum Gasteiger partial charge on any atom is 0.408 e. The van der Waals surface area contributed by atoms with Gasteiger partial charge >= 0.3 is 6.18 Å². The molecule has 0 aliphatic rings. The van der Waals surface area contributed by atoms with Crippen LogP contribution in [-0.2, 0) is 10.0 Å². The molecule has 2 aromatic carbocycles. The Morgan fingerprint density at radius 1 is 1.17 bits per heavy atom. The van der Waals surface area contributed by atoms with Crippen molar-refractivity contribution in [2.24, 2.45) is 0 Å². The van der Waals surface area contributed by atoms with E-state index in [0.717, 1.165) is 5.56 Å². The highest BCUT2D eigenvalue weighted by Gasteiger charge is 2.43. The highest BCUT2D eigenvalue weighted by atomic mass is 79.9. The number of rotatable bonds is 6. The van der Waals surface area contributed by atoms with Gasteiger partial charge in [0.2, 0.25) is 10.0 Å². The summed E-state index contributed by atoms with van der Waals surface area (Å²) >= 11 is 3.15. The molecule has 0 saturated heterocycles. The van der Waals surface area contributed by atoms with Crippen molar-refractivity contribution in [3.63, 3.8) is 0 Å². The van der Waals surface area contributed by atoms with Crippen molar-refractivity contribution in [3.8, 4) is 11.8 Å². The highest BCUT2D eigenvalue weighted by molar-refractivity contribution is 9.10. The van der Waals surface area contributed by atoms with E-state index in [4.69, 9.17) is 10.00 Å². The second-order valence-electron chi connectivity index (χ2n) is 6.51. The molecule has 0 saturated carbocycles. The highest BCUT2D eigenvalue weighted by Crippen LogP contribution is 2.28. The number of nitrogens with one attached hydrogen (secondary N) is 1. The summed E-state index contributed by atoms with van der Waals surface area (Å²) in [5.41, 5.74) is 1.51. The van der Waals surface area contributed by atoms with Gasteiger partial charge in [0, 0.05) is 4.47 Å². The molecule has 29 heavy (non-hydrogen) atoms. The third-order valence-corrected chi connectivity index (χ3v) is 6.30. The largest absolute Gasteiger partial charge is 0.490 e. The monoisotopic (exact) mass is 490 g/mol. The second-order valence-corrected chi connectivity index (χ2v) is 9.07. The molecule has 10 heteroatoms. The lowest BCUT2D eigenvalue weighted by Gasteiger charge is -2.23. The van der Waals surface area contributed by atoms with Gasteiger partial charge in [0.15, 0.2) is 6.04 Å². The third kappa shape index (κ3) is 5.72. The van der Waals surface area contributed by atoms with Gasteiger partial charge in [-0.3, -0.25) is 0 Å². The smallest absolute Gasteiger partial charge is 0.408 e. The normalized spacial score (nSPS) is 13.0. The van der Waals surface area contributed by atoms with Crippen LogP contribution in [0.2, 0.25) is 0 Å². The summed E-state index contributed by atoms with van der Waals surface area (Å²) in [5.74, 6) is -0.0770. The number of hydrogen-bond acceptors (Lipinski definition) is 4. The number of nitrogens with zero attached hydrogens (tertiary/aromatic N) is 1. The zero-order valence-corrected chi connectivity index (χ0v) is 18.2. The van der Waals surface area contributed by atoms with Crippen LogP contribution < -0.4 is 9.46 Å². The van der Waals surface area contributed by atoms with E-state index in [9.17, 15) is 21.6 Å². The first-order valence-corrected chi connectivity index (χ1v) is 10.6. The fraction of sp³-hybridized carbons (Fsp3) is 0.316. The van der Waals surface area contributed by atoms with Crippen LogP contribution in [0.3, 0.4) is 0 Å². The lowest BCUT2D eigenvalue weighted by Crippen LogP contribution is -2.49. The molecule has 1 atom stereocenters. The minimum Gasteiger partial charge on any atom is -0.490 e. The van der Waals surface area contributed by atoms with Crippen LogP contribution in [0.25, 0.3) is 0 Å². The first-order chi connectivity index (χ1) is 13.3. The molecule has 0 fully saturated rings. The number of alkyl halides is 3. The van der Waals surface area contributed by atoms with Crippen molar-refractivity contribution in [2.75, 3.05) is 6.61 Å². The maximum atomic E-state index is 13.5. The quantitative estimate of drug-likeness (QED) is 0.644. The van der Waals surface area contributed by atoms with E-state index in [0.29, 0.717) is 15.6 Å². The Balaban J connectivity index is 2.32. The Morgan fingerprint density at radius 3 is 2.28 bits per heavy atom. The molecule has 0 aliphatic heterocycles. The van der Waals surface area contributed by atoms with Gasteiger partial charge < -0.3 is 4.74 Å². The topological polar surface area (TPSA) is 79.2 Å². The fourth-order valence-corrected chi connectivity index (χ4v) is 4.94. The molecule has 0 aromatic heterocycles. The molecule has 0 radical (unpaired) electrons. The summed E-state index contributed by atoms with van der Waals surface area (Å²) in [5, 5.41) is 9.10. The van der Waals surface area contributed by atoms with Crippen molar-refractivity contribution in [1.29, 1.82) is 5.26 Å². The van der Waals surface area contributed by atoms with Crippen LogP contribution >= 0.6 is 15.9 Å². The number of aryl methyl sites for hydroxylation is 3. The molecule has 0 spiro atoms. The molecule has 0 heterocycles. The van der Waals surface area contributed by atoms with Crippen LogP contribution in [0.4, 0.5) is 13.2 Å². The van der Waals surface area contributed by atoms with Crippen LogP contribution in [-0.4, -0.2) is 27.2 Å². The molecule has 0 amide bonds. The fourth-order valence-electron chi connectivity index (χ4n) is 2.92. The lowest BCUT2D eigenvalue weighted by molar-refractivity contribution is -0.157. The Labute approximate surface area is 175 Å². The number of halogens is 4. The standard InChI is InChI=1S/C19H18BrF3N2O3S/c1-11-6-12(2)18(13(3)7-11)29(26,27)25-17(19(21,22)23)10-28-16-5-4-15(20)8-14(16)9-24/h4-8,17,25H,10H2,1-3H3. The number of nitriles is 1. The minimum absolute atomic E-state index is 0.0216. The first-order valence-electron chi connectivity index (χ1n) is 8.34. The average molecular weight is 491 g/mol. The third-order valence-electron chi connectivity index (χ3n) is 4.03. The van der Waals surface area contributed by atoms with Gasteiger partial charge in [-0.05, 0) is 50.1 Å². The van der Waals surface area contributed by atoms with E-state index in [1.54, 1.807) is 23.8 Å². The molecule has 156 valence electrons. The van der Waals surface area contributed by atoms with E-state index in [-0.39, 0.29) is 16.2 Å². The van der Waals surface area contributed by atoms with Crippen molar-refractivity contribution < 1.29 is 26.3 Å². The lowest BCUT2D eigenvalue weighted by atomic mass is 10.1. The molecule has 5 nitrogen and oxygen atoms in total. The van der Waals surface area contributed by atoms with Crippen LogP contribution in [0.15, 0.2) is 39.7 Å². The molecule has 2 rings (SSSR count). The predicted octanol–water partition coefficient (Wildman–Crippen LogP) is 4.53. The Kier molecular flexibility index (Phi) is 6.98. The van der Waals surface area contributed by atoms with Crippen LogP contribution in [0, 0.1) is 32.1 Å². The molecule has 1 unspecified atom stereocenters. The zero-order chi connectivity index (χ0) is 22.0. The van der Waals surface area contributed by atoms with Gasteiger partial charge in [-0.25, -0.2) is 8.42 Å². The van der Waals surface area contributed by atoms with Crippen LogP contribution in [0.5, 0.6) is 5.75 Å². The summed E-state index contributed by atoms with van der Waals surface area (Å²) < 4.78 is 73.3. The Morgan fingerprint density at radius 2 is 1.76 bits per heavy atom. The van der Waals surface area contributed by atoms with Crippen molar-refractivity contribution >= 4 is 26.0 Å². The molecular weight excluding hydrogens is 473 g/mol. The van der Waals surface area contributed by atoms with Gasteiger partial charge in [0.25, 0.3) is 0 Å². The Bertz CT molecular complexity index is 1040. The predicted molar refractivity (Wildman–Crippen MR) is 105 cm³/mol. The van der Waals surface area contributed by atoms with Crippen molar-refractivity contribution in [3.05, 3.63) is 57.1 Å². The van der Waals surface area contributed by atoms with Gasteiger partial charge in [-0.2, -0.15) is 23.2 Å². The summed E-state index contributed by atoms with van der Waals surface area (Å²) in [7, 11) is -4.47. The summed E-state index contributed by atoms with van der Waals surface area (Å²) in [6, 6.07) is 6.71. The van der Waals surface area contributed by atoms with Gasteiger partial charge in [0.05, 0.1) is 10.5 Å². The van der Waals surface area contributed by atoms with Gasteiger partial charge in [-0.15, -0.1) is 0 Å². The van der Waals surface area contributed by atoms with E-state index < -0.39 is 28.8 Å². The van der Waals surface area contributed by atoms with Gasteiger partial charge in [-0.1, -0.05) is 33.6 Å². The molecule has 0 bridgehead atoms. The van der Waals surface area contributed by atoms with Crippen LogP contribution in [0.1, 0.15) is 22.3 Å². The average Bonchev–Trinajstić information content (AvgIpc) is 2.57. The summed E-state index contributed by atoms with van der Waals surface area (Å²) in [6.45, 7) is 3.79. The van der Waals surface area contributed by atoms with E-state index in [1.807, 2.05) is 6.07 Å². The van der Waals surface area contributed by atoms with Crippen molar-refractivity contribution in [1.82, 2.24) is 4.72 Å². The van der Waals surface area contributed by atoms with Crippen molar-refractivity contribution in [2.45, 2.75) is 37.9 Å². The number of ether oxygens (including phenoxy) is 1. The summed E-state index contributed by atoms with van der Waals surface area (Å²) in [6.07, 6.45) is -4.90. The summed E-state index contributed by atoms with van der Waals surface area (Å²) in [4.78, 5) is -0.196. The minimum atomic E-state index is -4.90. The molecular formula is C19H18BrF3N2O3S. The SMILES string of the molecule is Cc1cc(C)c(S(=O)(=O)NC(COc2ccc(Br)cc2C#N)C(F)(F)F)c(C)c1. The van der Waals surface area contributed by atoms with Gasteiger partial charge in [0.1, 0.15) is 18.4 Å². The van der Waals surface area contributed by atoms with E-state index >= 15 is 0 Å². The molecule has 1 N–H and O–H groups in total. The number of benzene rings is 2.